The SMILES string of the molecule is CC(c1ccccc1)C1NCC1(C)C. The smallest absolute Gasteiger partial charge is 0.0197 e. The Balaban J connectivity index is 2.13. The summed E-state index contributed by atoms with van der Waals surface area (Å²) in [5.74, 6) is 0.611. The van der Waals surface area contributed by atoms with Gasteiger partial charge in [0.05, 0.1) is 0 Å². The quantitative estimate of drug-likeness (QED) is 0.754. The van der Waals surface area contributed by atoms with Crippen molar-refractivity contribution in [1.29, 1.82) is 0 Å². The summed E-state index contributed by atoms with van der Waals surface area (Å²) < 4.78 is 0. The molecule has 0 amide bonds. The van der Waals surface area contributed by atoms with E-state index in [-0.39, 0.29) is 0 Å². The molecule has 1 nitrogen and oxygen atoms in total. The minimum Gasteiger partial charge on any atom is -0.312 e. The number of hydrogen-bond donors (Lipinski definition) is 1. The van der Waals surface area contributed by atoms with Crippen molar-refractivity contribution >= 4 is 0 Å². The molecule has 2 unspecified atom stereocenters. The van der Waals surface area contributed by atoms with Crippen LogP contribution in [0, 0.1) is 5.41 Å². The fourth-order valence-electron chi connectivity index (χ4n) is 2.43. The zero-order valence-corrected chi connectivity index (χ0v) is 9.25. The minimum absolute atomic E-state index is 0.454. The second-order valence-electron chi connectivity index (χ2n) is 5.05. The molecule has 1 aliphatic heterocycles. The van der Waals surface area contributed by atoms with E-state index in [1.165, 1.54) is 5.56 Å². The fraction of sp³-hybridized carbons (Fsp3) is 0.538. The summed E-state index contributed by atoms with van der Waals surface area (Å²) in [6.45, 7) is 8.14. The average Bonchev–Trinajstić information content (AvgIpc) is 2.18. The van der Waals surface area contributed by atoms with Crippen LogP contribution in [0.2, 0.25) is 0 Å². The Morgan fingerprint density at radius 3 is 2.36 bits per heavy atom. The van der Waals surface area contributed by atoms with E-state index < -0.39 is 0 Å². The molecule has 1 aliphatic rings. The molecule has 0 aromatic heterocycles. The van der Waals surface area contributed by atoms with Gasteiger partial charge in [-0.1, -0.05) is 51.1 Å². The van der Waals surface area contributed by atoms with E-state index in [1.54, 1.807) is 0 Å². The van der Waals surface area contributed by atoms with Crippen molar-refractivity contribution in [3.8, 4) is 0 Å². The summed E-state index contributed by atoms with van der Waals surface area (Å²) in [7, 11) is 0. The molecule has 0 radical (unpaired) electrons. The minimum atomic E-state index is 0.454. The summed E-state index contributed by atoms with van der Waals surface area (Å²) in [6, 6.07) is 11.4. The average molecular weight is 189 g/mol. The van der Waals surface area contributed by atoms with Gasteiger partial charge < -0.3 is 5.32 Å². The van der Waals surface area contributed by atoms with Crippen LogP contribution in [-0.4, -0.2) is 12.6 Å². The monoisotopic (exact) mass is 189 g/mol. The Labute approximate surface area is 86.5 Å². The van der Waals surface area contributed by atoms with Crippen molar-refractivity contribution in [1.82, 2.24) is 5.32 Å². The molecule has 1 heterocycles. The standard InChI is InChI=1S/C13H19N/c1-10(11-7-5-4-6-8-11)12-13(2,3)9-14-12/h4-8,10,12,14H,9H2,1-3H3. The normalized spacial score (nSPS) is 26.6. The number of nitrogens with one attached hydrogen (secondary N) is 1. The van der Waals surface area contributed by atoms with Gasteiger partial charge in [-0.15, -0.1) is 0 Å². The molecule has 0 spiro atoms. The van der Waals surface area contributed by atoms with Crippen LogP contribution in [0.3, 0.4) is 0 Å². The molecule has 2 atom stereocenters. The van der Waals surface area contributed by atoms with Gasteiger partial charge in [-0.25, -0.2) is 0 Å². The van der Waals surface area contributed by atoms with E-state index in [0.29, 0.717) is 17.4 Å². The highest BCUT2D eigenvalue weighted by molar-refractivity contribution is 5.23. The number of hydrogen-bond acceptors (Lipinski definition) is 1. The fourth-order valence-corrected chi connectivity index (χ4v) is 2.43. The second-order valence-corrected chi connectivity index (χ2v) is 5.05. The lowest BCUT2D eigenvalue weighted by atomic mass is 9.70. The molecular formula is C13H19N. The van der Waals surface area contributed by atoms with Gasteiger partial charge in [0.25, 0.3) is 0 Å². The van der Waals surface area contributed by atoms with E-state index >= 15 is 0 Å². The number of benzene rings is 1. The molecule has 1 aromatic rings. The molecule has 0 saturated carbocycles. The van der Waals surface area contributed by atoms with Crippen LogP contribution >= 0.6 is 0 Å². The second kappa shape index (κ2) is 3.39. The van der Waals surface area contributed by atoms with Gasteiger partial charge >= 0.3 is 0 Å². The van der Waals surface area contributed by atoms with Crippen molar-refractivity contribution in [3.63, 3.8) is 0 Å². The molecule has 1 N–H and O–H groups in total. The lowest BCUT2D eigenvalue weighted by Crippen LogP contribution is -2.61. The Morgan fingerprint density at radius 1 is 1.29 bits per heavy atom. The number of rotatable bonds is 2. The molecule has 0 bridgehead atoms. The Bertz CT molecular complexity index is 302. The van der Waals surface area contributed by atoms with Crippen LogP contribution in [0.4, 0.5) is 0 Å². The lowest BCUT2D eigenvalue weighted by Gasteiger charge is -2.49. The van der Waals surface area contributed by atoms with Crippen LogP contribution in [0.25, 0.3) is 0 Å². The summed E-state index contributed by atoms with van der Waals surface area (Å²) in [4.78, 5) is 0. The molecule has 1 heteroatoms. The molecule has 14 heavy (non-hydrogen) atoms. The molecule has 1 saturated heterocycles. The van der Waals surface area contributed by atoms with Crippen molar-refractivity contribution in [2.45, 2.75) is 32.7 Å². The van der Waals surface area contributed by atoms with Crippen molar-refractivity contribution < 1.29 is 0 Å². The van der Waals surface area contributed by atoms with Gasteiger partial charge in [-0.3, -0.25) is 0 Å². The first-order chi connectivity index (χ1) is 6.61. The Kier molecular flexibility index (Phi) is 2.36. The van der Waals surface area contributed by atoms with Gasteiger partial charge in [-0.2, -0.15) is 0 Å². The maximum Gasteiger partial charge on any atom is 0.0197 e. The van der Waals surface area contributed by atoms with Gasteiger partial charge in [0.15, 0.2) is 0 Å². The highest BCUT2D eigenvalue weighted by Crippen LogP contribution is 2.37. The maximum atomic E-state index is 3.53. The van der Waals surface area contributed by atoms with E-state index in [4.69, 9.17) is 0 Å². The molecule has 76 valence electrons. The Morgan fingerprint density at radius 2 is 1.93 bits per heavy atom. The van der Waals surface area contributed by atoms with E-state index in [1.807, 2.05) is 0 Å². The van der Waals surface area contributed by atoms with Gasteiger partial charge in [0, 0.05) is 12.6 Å². The maximum absolute atomic E-state index is 3.53. The van der Waals surface area contributed by atoms with E-state index in [2.05, 4.69) is 56.4 Å². The van der Waals surface area contributed by atoms with Crippen LogP contribution in [-0.2, 0) is 0 Å². The molecule has 1 aromatic carbocycles. The van der Waals surface area contributed by atoms with Crippen LogP contribution < -0.4 is 5.32 Å². The molecule has 2 rings (SSSR count). The van der Waals surface area contributed by atoms with Crippen LogP contribution in [0.15, 0.2) is 30.3 Å². The van der Waals surface area contributed by atoms with Gasteiger partial charge in [-0.05, 0) is 16.9 Å². The van der Waals surface area contributed by atoms with Gasteiger partial charge in [0.1, 0.15) is 0 Å². The third-order valence-corrected chi connectivity index (χ3v) is 3.44. The first kappa shape index (κ1) is 9.72. The van der Waals surface area contributed by atoms with E-state index in [0.717, 1.165) is 6.54 Å². The summed E-state index contributed by atoms with van der Waals surface area (Å²) in [6.07, 6.45) is 0. The zero-order valence-electron chi connectivity index (χ0n) is 9.25. The van der Waals surface area contributed by atoms with Crippen molar-refractivity contribution in [2.75, 3.05) is 6.54 Å². The van der Waals surface area contributed by atoms with E-state index in [9.17, 15) is 0 Å². The summed E-state index contributed by atoms with van der Waals surface area (Å²) in [5.41, 5.74) is 1.90. The lowest BCUT2D eigenvalue weighted by molar-refractivity contribution is 0.107. The predicted molar refractivity (Wildman–Crippen MR) is 60.4 cm³/mol. The summed E-state index contributed by atoms with van der Waals surface area (Å²) >= 11 is 0. The zero-order chi connectivity index (χ0) is 10.2. The van der Waals surface area contributed by atoms with Crippen molar-refractivity contribution in [2.24, 2.45) is 5.41 Å². The highest BCUT2D eigenvalue weighted by Gasteiger charge is 2.41. The van der Waals surface area contributed by atoms with Crippen LogP contribution in [0.5, 0.6) is 0 Å². The molecule has 1 fully saturated rings. The third kappa shape index (κ3) is 1.57. The highest BCUT2D eigenvalue weighted by atomic mass is 15.0. The first-order valence-corrected chi connectivity index (χ1v) is 5.39. The molecular weight excluding hydrogens is 170 g/mol. The predicted octanol–water partition coefficient (Wildman–Crippen LogP) is 2.79. The largest absolute Gasteiger partial charge is 0.312 e. The van der Waals surface area contributed by atoms with Crippen LogP contribution in [0.1, 0.15) is 32.3 Å². The summed E-state index contributed by atoms with van der Waals surface area (Å²) in [5, 5.41) is 3.53. The first-order valence-electron chi connectivity index (χ1n) is 5.39. The van der Waals surface area contributed by atoms with Crippen molar-refractivity contribution in [3.05, 3.63) is 35.9 Å². The molecule has 0 aliphatic carbocycles. The Hall–Kier alpha value is -0.820. The third-order valence-electron chi connectivity index (χ3n) is 3.44. The topological polar surface area (TPSA) is 12.0 Å². The van der Waals surface area contributed by atoms with Gasteiger partial charge in [0.2, 0.25) is 0 Å².